The van der Waals surface area contributed by atoms with Crippen molar-refractivity contribution in [1.82, 2.24) is 19.1 Å². The fourth-order valence-electron chi connectivity index (χ4n) is 11.8. The third kappa shape index (κ3) is 5.19. The van der Waals surface area contributed by atoms with Gasteiger partial charge in [-0.3, -0.25) is 9.97 Å². The molecule has 4 atom stereocenters. The van der Waals surface area contributed by atoms with Crippen LogP contribution in [0.2, 0.25) is 0 Å². The summed E-state index contributed by atoms with van der Waals surface area (Å²) < 4.78 is 5.05. The Morgan fingerprint density at radius 3 is 1.18 bits per heavy atom. The first-order valence-electron chi connectivity index (χ1n) is 22.3. The molecule has 0 aliphatic heterocycles. The molecule has 302 valence electrons. The molecule has 0 spiro atoms. The molecular formula is C58H50N4. The molecule has 0 bridgehead atoms. The Morgan fingerprint density at radius 2 is 0.806 bits per heavy atom. The Labute approximate surface area is 363 Å². The van der Waals surface area contributed by atoms with Gasteiger partial charge < -0.3 is 9.13 Å². The van der Waals surface area contributed by atoms with Gasteiger partial charge in [0.2, 0.25) is 0 Å². The Morgan fingerprint density at radius 1 is 0.403 bits per heavy atom. The summed E-state index contributed by atoms with van der Waals surface area (Å²) in [6.45, 7) is 18.7. The van der Waals surface area contributed by atoms with Gasteiger partial charge in [0.25, 0.3) is 0 Å². The van der Waals surface area contributed by atoms with Gasteiger partial charge in [0, 0.05) is 33.9 Å². The molecule has 10 aromatic rings. The van der Waals surface area contributed by atoms with Crippen molar-refractivity contribution < 1.29 is 0 Å². The maximum Gasteiger partial charge on any atom is 0.0645 e. The lowest BCUT2D eigenvalue weighted by Gasteiger charge is -2.42. The Kier molecular flexibility index (Phi) is 7.98. The summed E-state index contributed by atoms with van der Waals surface area (Å²) >= 11 is 0. The van der Waals surface area contributed by atoms with Crippen LogP contribution < -0.4 is 0 Å². The van der Waals surface area contributed by atoms with Crippen molar-refractivity contribution >= 4 is 43.6 Å². The summed E-state index contributed by atoms with van der Waals surface area (Å²) in [6, 6.07) is 41.8. The van der Waals surface area contributed by atoms with Gasteiger partial charge in [-0.05, 0) is 168 Å². The molecule has 4 heteroatoms. The number of rotatable bonds is 4. The van der Waals surface area contributed by atoms with E-state index in [-0.39, 0.29) is 11.8 Å². The van der Waals surface area contributed by atoms with Gasteiger partial charge in [-0.15, -0.1) is 0 Å². The Balaban J connectivity index is 1.22. The second-order valence-corrected chi connectivity index (χ2v) is 18.8. The minimum atomic E-state index is 0.226. The van der Waals surface area contributed by atoms with E-state index in [1.807, 2.05) is 24.8 Å². The zero-order valence-electron chi connectivity index (χ0n) is 36.8. The molecular weight excluding hydrogens is 753 g/mol. The number of aromatic nitrogens is 4. The molecule has 12 rings (SSSR count). The molecule has 0 fully saturated rings. The SMILES string of the molecule is Cc1cc(C)cc(-c2ccc3c(c2)c2cc4c5c(c2n3-c2cccnc2)C(C)C(C)c2c-5c(cc3c5cc(-c6cc(C)cc(C)c6)ccc5n(-c5cccnc5)c23)C(C)C4C)c1. The molecule has 0 saturated carbocycles. The van der Waals surface area contributed by atoms with Crippen molar-refractivity contribution in [2.75, 3.05) is 0 Å². The van der Waals surface area contributed by atoms with Gasteiger partial charge in [-0.2, -0.15) is 0 Å². The lowest BCUT2D eigenvalue weighted by molar-refractivity contribution is 0.584. The van der Waals surface area contributed by atoms with E-state index in [1.54, 1.807) is 0 Å². The van der Waals surface area contributed by atoms with Gasteiger partial charge in [0.1, 0.15) is 0 Å². The van der Waals surface area contributed by atoms with Crippen molar-refractivity contribution in [1.29, 1.82) is 0 Å². The van der Waals surface area contributed by atoms with Gasteiger partial charge >= 0.3 is 0 Å². The molecule has 6 aromatic carbocycles. The Bertz CT molecular complexity index is 3240. The van der Waals surface area contributed by atoms with Crippen LogP contribution in [0, 0.1) is 27.7 Å². The molecule has 62 heavy (non-hydrogen) atoms. The fraction of sp³-hybridized carbons (Fsp3) is 0.207. The third-order valence-corrected chi connectivity index (χ3v) is 14.8. The van der Waals surface area contributed by atoms with E-state index in [9.17, 15) is 0 Å². The smallest absolute Gasteiger partial charge is 0.0645 e. The highest BCUT2D eigenvalue weighted by atomic mass is 15.0. The first-order chi connectivity index (χ1) is 30.0. The molecule has 0 radical (unpaired) electrons. The van der Waals surface area contributed by atoms with Gasteiger partial charge in [-0.1, -0.05) is 98.5 Å². The summed E-state index contributed by atoms with van der Waals surface area (Å²) in [6.07, 6.45) is 7.84. The molecule has 4 heterocycles. The standard InChI is InChI=1S/C58H50N4/c1-31-19-32(2)22-41(21-31)39-13-15-51-47(25-39)49-27-45-35(5)36(6)46-28-50-48-26-40(42-23-33(3)20-34(4)24-42)14-16-52(48)62(44-12-10-18-60-30-44)58(50)54-38(8)37(7)53(55(45)56(46)54)57(49)61(51)43-11-9-17-59-29-43/h9-30,35-38H,1-8H3. The second kappa shape index (κ2) is 13.4. The summed E-state index contributed by atoms with van der Waals surface area (Å²) in [5.74, 6) is 1.10. The molecule has 2 aliphatic carbocycles. The summed E-state index contributed by atoms with van der Waals surface area (Å²) in [7, 11) is 0. The number of hydrogen-bond acceptors (Lipinski definition) is 2. The van der Waals surface area contributed by atoms with Crippen LogP contribution in [0.5, 0.6) is 0 Å². The average Bonchev–Trinajstić information content (AvgIpc) is 3.78. The lowest BCUT2D eigenvalue weighted by atomic mass is 9.62. The van der Waals surface area contributed by atoms with Gasteiger partial charge in [0.05, 0.1) is 45.8 Å². The molecule has 4 unspecified atom stereocenters. The number of fused-ring (bicyclic) bond motifs is 8. The van der Waals surface area contributed by atoms with Crippen LogP contribution >= 0.6 is 0 Å². The molecule has 4 nitrogen and oxygen atoms in total. The topological polar surface area (TPSA) is 35.6 Å². The van der Waals surface area contributed by atoms with Crippen LogP contribution in [0.25, 0.3) is 88.4 Å². The highest BCUT2D eigenvalue weighted by Gasteiger charge is 2.42. The molecule has 0 amide bonds. The summed E-state index contributed by atoms with van der Waals surface area (Å²) in [4.78, 5) is 9.37. The van der Waals surface area contributed by atoms with Crippen molar-refractivity contribution in [3.8, 4) is 44.8 Å². The van der Waals surface area contributed by atoms with Gasteiger partial charge in [-0.25, -0.2) is 0 Å². The predicted octanol–water partition coefficient (Wildman–Crippen LogP) is 15.3. The quantitative estimate of drug-likeness (QED) is 0.178. The van der Waals surface area contributed by atoms with E-state index in [1.165, 1.54) is 122 Å². The Hall–Kier alpha value is -6.78. The monoisotopic (exact) mass is 802 g/mol. The number of hydrogen-bond donors (Lipinski definition) is 0. The highest BCUT2D eigenvalue weighted by molar-refractivity contribution is 6.17. The fourth-order valence-corrected chi connectivity index (χ4v) is 11.8. The summed E-state index contributed by atoms with van der Waals surface area (Å²) in [5.41, 5.74) is 26.2. The highest BCUT2D eigenvalue weighted by Crippen LogP contribution is 2.61. The number of benzene rings is 6. The first kappa shape index (κ1) is 37.0. The van der Waals surface area contributed by atoms with Crippen LogP contribution in [0.15, 0.2) is 134 Å². The van der Waals surface area contributed by atoms with Gasteiger partial charge in [0.15, 0.2) is 0 Å². The van der Waals surface area contributed by atoms with Crippen LogP contribution in [0.1, 0.15) is 95.9 Å². The largest absolute Gasteiger partial charge is 0.307 e. The number of nitrogens with zero attached hydrogens (tertiary/aromatic N) is 4. The van der Waals surface area contributed by atoms with Crippen molar-refractivity contribution in [2.45, 2.75) is 79.1 Å². The van der Waals surface area contributed by atoms with E-state index in [4.69, 9.17) is 0 Å². The van der Waals surface area contributed by atoms with Crippen molar-refractivity contribution in [3.05, 3.63) is 178 Å². The zero-order valence-corrected chi connectivity index (χ0v) is 36.8. The predicted molar refractivity (Wildman–Crippen MR) is 260 cm³/mol. The molecule has 0 saturated heterocycles. The van der Waals surface area contributed by atoms with Crippen molar-refractivity contribution in [2.24, 2.45) is 0 Å². The minimum Gasteiger partial charge on any atom is -0.307 e. The lowest BCUT2D eigenvalue weighted by Crippen LogP contribution is -2.24. The zero-order chi connectivity index (χ0) is 42.3. The maximum atomic E-state index is 4.68. The van der Waals surface area contributed by atoms with E-state index >= 15 is 0 Å². The van der Waals surface area contributed by atoms with Crippen LogP contribution in [-0.2, 0) is 0 Å². The number of aryl methyl sites for hydroxylation is 4. The summed E-state index contributed by atoms with van der Waals surface area (Å²) in [5, 5.41) is 5.25. The normalized spacial score (nSPS) is 18.0. The van der Waals surface area contributed by atoms with Crippen LogP contribution in [-0.4, -0.2) is 19.1 Å². The first-order valence-corrected chi connectivity index (χ1v) is 22.3. The molecule has 0 N–H and O–H groups in total. The van der Waals surface area contributed by atoms with E-state index < -0.39 is 0 Å². The third-order valence-electron chi connectivity index (χ3n) is 14.8. The van der Waals surface area contributed by atoms with Crippen LogP contribution in [0.4, 0.5) is 0 Å². The number of pyridine rings is 2. The van der Waals surface area contributed by atoms with E-state index in [0.717, 1.165) is 11.4 Å². The molecule has 2 aliphatic rings. The maximum absolute atomic E-state index is 4.68. The average molecular weight is 803 g/mol. The van der Waals surface area contributed by atoms with E-state index in [2.05, 4.69) is 184 Å². The molecule has 4 aromatic heterocycles. The van der Waals surface area contributed by atoms with E-state index in [0.29, 0.717) is 11.8 Å². The van der Waals surface area contributed by atoms with Crippen LogP contribution in [0.3, 0.4) is 0 Å². The minimum absolute atomic E-state index is 0.226. The second-order valence-electron chi connectivity index (χ2n) is 18.8. The van der Waals surface area contributed by atoms with Crippen molar-refractivity contribution in [3.63, 3.8) is 0 Å².